The average Bonchev–Trinajstić information content (AvgIpc) is 3.20. The summed E-state index contributed by atoms with van der Waals surface area (Å²) in [5, 5.41) is 8.60. The molecule has 176 valence electrons. The van der Waals surface area contributed by atoms with Gasteiger partial charge in [0, 0.05) is 12.2 Å². The lowest BCUT2D eigenvalue weighted by atomic mass is 10.1. The molecule has 10 heteroatoms. The number of rotatable bonds is 6. The van der Waals surface area contributed by atoms with E-state index in [1.165, 1.54) is 22.8 Å². The van der Waals surface area contributed by atoms with Crippen molar-refractivity contribution in [2.24, 2.45) is 0 Å². The van der Waals surface area contributed by atoms with Crippen LogP contribution in [0, 0.1) is 0 Å². The highest BCUT2D eigenvalue weighted by molar-refractivity contribution is 7.98. The molecule has 0 N–H and O–H groups in total. The minimum Gasteiger partial charge on any atom is -0.274 e. The second-order valence-electron chi connectivity index (χ2n) is 7.43. The van der Waals surface area contributed by atoms with E-state index >= 15 is 0 Å². The molecule has 0 aliphatic carbocycles. The van der Waals surface area contributed by atoms with Gasteiger partial charge in [0.05, 0.1) is 16.8 Å². The smallest absolute Gasteiger partial charge is 0.274 e. The highest BCUT2D eigenvalue weighted by atomic mass is 32.2. The Bertz CT molecular complexity index is 1270. The van der Waals surface area contributed by atoms with Crippen LogP contribution in [-0.4, -0.2) is 14.8 Å². The van der Waals surface area contributed by atoms with Crippen molar-refractivity contribution in [2.45, 2.75) is 29.7 Å². The predicted molar refractivity (Wildman–Crippen MR) is 117 cm³/mol. The van der Waals surface area contributed by atoms with Gasteiger partial charge in [-0.2, -0.15) is 26.3 Å². The van der Waals surface area contributed by atoms with Gasteiger partial charge in [-0.05, 0) is 35.4 Å². The van der Waals surface area contributed by atoms with Crippen LogP contribution in [0.4, 0.5) is 26.3 Å². The van der Waals surface area contributed by atoms with Crippen molar-refractivity contribution >= 4 is 11.8 Å². The summed E-state index contributed by atoms with van der Waals surface area (Å²) >= 11 is 1.10. The first kappa shape index (κ1) is 23.9. The number of nitrogens with zero attached hydrogens (tertiary/aromatic N) is 3. The van der Waals surface area contributed by atoms with Crippen molar-refractivity contribution in [3.8, 4) is 5.69 Å². The van der Waals surface area contributed by atoms with Gasteiger partial charge in [0.15, 0.2) is 5.16 Å². The van der Waals surface area contributed by atoms with Crippen LogP contribution in [0.3, 0.4) is 0 Å². The van der Waals surface area contributed by atoms with Crippen LogP contribution in [0.1, 0.15) is 28.1 Å². The van der Waals surface area contributed by atoms with E-state index in [2.05, 4.69) is 10.2 Å². The number of benzene rings is 3. The zero-order valence-electron chi connectivity index (χ0n) is 17.4. The predicted octanol–water partition coefficient (Wildman–Crippen LogP) is 7.19. The summed E-state index contributed by atoms with van der Waals surface area (Å²) in [5.74, 6) is 0.545. The molecule has 34 heavy (non-hydrogen) atoms. The molecule has 0 radical (unpaired) electrons. The van der Waals surface area contributed by atoms with E-state index < -0.39 is 23.5 Å². The van der Waals surface area contributed by atoms with E-state index in [0.717, 1.165) is 41.6 Å². The Labute approximate surface area is 195 Å². The third-order valence-corrected chi connectivity index (χ3v) is 5.96. The SMILES string of the molecule is FC(F)(F)c1cccc(CSc2nnc(Cc3ccccc3)n2-c2cccc(C(F)(F)F)c2)c1. The third kappa shape index (κ3) is 5.61. The molecule has 1 aromatic heterocycles. The number of hydrogen-bond donors (Lipinski definition) is 0. The molecule has 0 saturated heterocycles. The van der Waals surface area contributed by atoms with Crippen LogP contribution in [0.5, 0.6) is 0 Å². The standard InChI is InChI=1S/C24H17F6N3S/c25-23(26,27)18-9-4-8-17(12-18)15-34-22-32-31-21(13-16-6-2-1-3-7-16)33(22)20-11-5-10-19(14-20)24(28,29)30/h1-12,14H,13,15H2. The maximum absolute atomic E-state index is 13.3. The summed E-state index contributed by atoms with van der Waals surface area (Å²) in [6.07, 6.45) is -8.69. The molecule has 0 unspecified atom stereocenters. The van der Waals surface area contributed by atoms with Gasteiger partial charge in [-0.25, -0.2) is 0 Å². The van der Waals surface area contributed by atoms with Crippen LogP contribution in [0.25, 0.3) is 5.69 Å². The van der Waals surface area contributed by atoms with E-state index in [4.69, 9.17) is 0 Å². The van der Waals surface area contributed by atoms with Gasteiger partial charge in [0.25, 0.3) is 0 Å². The first-order valence-corrected chi connectivity index (χ1v) is 11.0. The molecule has 4 aromatic rings. The Kier molecular flexibility index (Phi) is 6.70. The maximum Gasteiger partial charge on any atom is 0.416 e. The first-order chi connectivity index (χ1) is 16.1. The lowest BCUT2D eigenvalue weighted by Gasteiger charge is -2.13. The third-order valence-electron chi connectivity index (χ3n) is 4.96. The monoisotopic (exact) mass is 493 g/mol. The lowest BCUT2D eigenvalue weighted by Crippen LogP contribution is -2.08. The minimum atomic E-state index is -4.53. The zero-order valence-corrected chi connectivity index (χ0v) is 18.3. The Hall–Kier alpha value is -3.27. The van der Waals surface area contributed by atoms with Gasteiger partial charge < -0.3 is 0 Å². The van der Waals surface area contributed by atoms with Gasteiger partial charge in [0.1, 0.15) is 5.82 Å². The van der Waals surface area contributed by atoms with Crippen molar-refractivity contribution < 1.29 is 26.3 Å². The van der Waals surface area contributed by atoms with Gasteiger partial charge >= 0.3 is 12.4 Å². The molecule has 0 bridgehead atoms. The molecule has 0 fully saturated rings. The number of hydrogen-bond acceptors (Lipinski definition) is 3. The second-order valence-corrected chi connectivity index (χ2v) is 8.37. The van der Waals surface area contributed by atoms with E-state index in [-0.39, 0.29) is 16.6 Å². The van der Waals surface area contributed by atoms with Crippen LogP contribution >= 0.6 is 11.8 Å². The van der Waals surface area contributed by atoms with E-state index in [0.29, 0.717) is 17.8 Å². The molecule has 0 atom stereocenters. The fourth-order valence-electron chi connectivity index (χ4n) is 3.35. The van der Waals surface area contributed by atoms with Gasteiger partial charge in [-0.1, -0.05) is 66.4 Å². The van der Waals surface area contributed by atoms with Crippen LogP contribution in [0.15, 0.2) is 84.0 Å². The van der Waals surface area contributed by atoms with E-state index in [1.54, 1.807) is 6.07 Å². The summed E-state index contributed by atoms with van der Waals surface area (Å²) < 4.78 is 80.6. The van der Waals surface area contributed by atoms with Gasteiger partial charge in [-0.3, -0.25) is 4.57 Å². The molecule has 0 spiro atoms. The number of halogens is 6. The van der Waals surface area contributed by atoms with Crippen LogP contribution in [0.2, 0.25) is 0 Å². The Morgan fingerprint density at radius 1 is 0.676 bits per heavy atom. The van der Waals surface area contributed by atoms with Crippen molar-refractivity contribution in [1.29, 1.82) is 0 Å². The summed E-state index contributed by atoms with van der Waals surface area (Å²) in [6, 6.07) is 18.9. The fourth-order valence-corrected chi connectivity index (χ4v) is 4.27. The summed E-state index contributed by atoms with van der Waals surface area (Å²) in [6.45, 7) is 0. The molecule has 3 nitrogen and oxygen atoms in total. The van der Waals surface area contributed by atoms with Crippen molar-refractivity contribution in [2.75, 3.05) is 0 Å². The molecule has 0 saturated carbocycles. The Morgan fingerprint density at radius 2 is 1.29 bits per heavy atom. The normalized spacial score (nSPS) is 12.2. The highest BCUT2D eigenvalue weighted by Gasteiger charge is 2.31. The highest BCUT2D eigenvalue weighted by Crippen LogP contribution is 2.34. The van der Waals surface area contributed by atoms with E-state index in [9.17, 15) is 26.3 Å². The van der Waals surface area contributed by atoms with Gasteiger partial charge in [0.2, 0.25) is 0 Å². The largest absolute Gasteiger partial charge is 0.416 e. The van der Waals surface area contributed by atoms with E-state index in [1.807, 2.05) is 30.3 Å². The summed E-state index contributed by atoms with van der Waals surface area (Å²) in [5.41, 5.74) is -0.0780. The molecule has 1 heterocycles. The fraction of sp³-hybridized carbons (Fsp3) is 0.167. The molecular formula is C24H17F6N3S. The number of alkyl halides is 6. The van der Waals surface area contributed by atoms with Gasteiger partial charge in [-0.15, -0.1) is 10.2 Å². The van der Waals surface area contributed by atoms with Crippen LogP contribution < -0.4 is 0 Å². The Morgan fingerprint density at radius 3 is 1.97 bits per heavy atom. The van der Waals surface area contributed by atoms with Crippen molar-refractivity contribution in [3.63, 3.8) is 0 Å². The molecular weight excluding hydrogens is 476 g/mol. The summed E-state index contributed by atoms with van der Waals surface area (Å²) in [4.78, 5) is 0. The quantitative estimate of drug-likeness (QED) is 0.210. The van der Waals surface area contributed by atoms with Crippen LogP contribution in [-0.2, 0) is 24.5 Å². The van der Waals surface area contributed by atoms with Crippen molar-refractivity contribution in [3.05, 3.63) is 107 Å². The summed E-state index contributed by atoms with van der Waals surface area (Å²) in [7, 11) is 0. The minimum absolute atomic E-state index is 0.131. The van der Waals surface area contributed by atoms with Crippen molar-refractivity contribution in [1.82, 2.24) is 14.8 Å². The molecule has 0 aliphatic rings. The maximum atomic E-state index is 13.3. The number of aromatic nitrogens is 3. The Balaban J connectivity index is 1.69. The molecule has 3 aromatic carbocycles. The molecule has 0 amide bonds. The topological polar surface area (TPSA) is 30.7 Å². The lowest BCUT2D eigenvalue weighted by molar-refractivity contribution is -0.138. The zero-order chi connectivity index (χ0) is 24.3. The molecule has 0 aliphatic heterocycles. The first-order valence-electron chi connectivity index (χ1n) is 10.1. The molecule has 4 rings (SSSR count). The second kappa shape index (κ2) is 9.54. The number of thioether (sulfide) groups is 1. The average molecular weight is 493 g/mol.